The largest absolute Gasteiger partial charge is 0.433 e. The third kappa shape index (κ3) is 6.38. The first-order chi connectivity index (χ1) is 17.7. The third-order valence-corrected chi connectivity index (χ3v) is 7.45. The molecule has 2 saturated heterocycles. The number of likely N-dealkylation sites (tertiary alicyclic amines) is 2. The number of halogens is 3. The van der Waals surface area contributed by atoms with Crippen LogP contribution in [-0.4, -0.2) is 64.7 Å². The van der Waals surface area contributed by atoms with E-state index in [1.807, 2.05) is 17.0 Å². The second-order valence-electron chi connectivity index (χ2n) is 9.69. The van der Waals surface area contributed by atoms with E-state index in [2.05, 4.69) is 26.9 Å². The summed E-state index contributed by atoms with van der Waals surface area (Å²) in [7, 11) is 1.41. The molecule has 0 saturated carbocycles. The number of aromatic nitrogens is 2. The van der Waals surface area contributed by atoms with Crippen LogP contribution in [0.2, 0.25) is 0 Å². The zero-order valence-electron chi connectivity index (χ0n) is 21.1. The van der Waals surface area contributed by atoms with Gasteiger partial charge in [0.15, 0.2) is 0 Å². The van der Waals surface area contributed by atoms with Crippen molar-refractivity contribution in [3.05, 3.63) is 53.5 Å². The Morgan fingerprint density at radius 3 is 2.32 bits per heavy atom. The molecule has 2 aromatic heterocycles. The number of hydrogen-bond donors (Lipinski definition) is 1. The van der Waals surface area contributed by atoms with Gasteiger partial charge >= 0.3 is 6.18 Å². The van der Waals surface area contributed by atoms with E-state index in [1.54, 1.807) is 6.20 Å². The molecule has 0 unspecified atom stereocenters. The highest BCUT2D eigenvalue weighted by Gasteiger charge is 2.35. The van der Waals surface area contributed by atoms with Crippen LogP contribution in [0.5, 0.6) is 0 Å². The minimum absolute atomic E-state index is 0.00580. The van der Waals surface area contributed by atoms with Gasteiger partial charge < -0.3 is 15.5 Å². The molecule has 11 heteroatoms. The maximum Gasteiger partial charge on any atom is 0.433 e. The Kier molecular flexibility index (Phi) is 8.31. The first-order valence-electron chi connectivity index (χ1n) is 12.6. The van der Waals surface area contributed by atoms with E-state index in [0.29, 0.717) is 43.0 Å². The summed E-state index contributed by atoms with van der Waals surface area (Å²) < 4.78 is 38.7. The number of hydrogen-bond acceptors (Lipinski definition) is 7. The molecular formula is C26H33F3N6O2. The van der Waals surface area contributed by atoms with Crippen molar-refractivity contribution in [3.63, 3.8) is 0 Å². The van der Waals surface area contributed by atoms with Gasteiger partial charge in [-0.25, -0.2) is 4.98 Å². The molecule has 2 aromatic rings. The molecule has 2 aliphatic rings. The van der Waals surface area contributed by atoms with Gasteiger partial charge in [0.2, 0.25) is 5.91 Å². The lowest BCUT2D eigenvalue weighted by molar-refractivity contribution is -0.141. The topological polar surface area (TPSA) is 96.9 Å². The van der Waals surface area contributed by atoms with Gasteiger partial charge in [0.05, 0.1) is 5.71 Å². The molecule has 1 amide bonds. The zero-order valence-corrected chi connectivity index (χ0v) is 21.1. The van der Waals surface area contributed by atoms with Gasteiger partial charge in [-0.2, -0.15) is 13.2 Å². The SMILES string of the molecule is CON=C(c1ccc(C(F)(F)F)nc1)C1CCN(C(=O)C2CCN([C@H](C)c3ccnc(N)c3)CC2)CC1. The summed E-state index contributed by atoms with van der Waals surface area (Å²) in [5.74, 6) is 0.651. The monoisotopic (exact) mass is 518 g/mol. The number of alkyl halides is 3. The molecule has 2 N–H and O–H groups in total. The molecule has 0 radical (unpaired) electrons. The molecule has 0 bridgehead atoms. The van der Waals surface area contributed by atoms with Crippen LogP contribution in [0.3, 0.4) is 0 Å². The Hall–Kier alpha value is -3.21. The number of nitrogens with two attached hydrogens (primary N) is 1. The molecule has 1 atom stereocenters. The first kappa shape index (κ1) is 26.8. The molecule has 0 spiro atoms. The number of nitrogens with zero attached hydrogens (tertiary/aromatic N) is 5. The highest BCUT2D eigenvalue weighted by molar-refractivity contribution is 6.01. The molecule has 0 aromatic carbocycles. The van der Waals surface area contributed by atoms with E-state index in [-0.39, 0.29) is 23.8 Å². The van der Waals surface area contributed by atoms with Crippen molar-refractivity contribution < 1.29 is 22.8 Å². The van der Waals surface area contributed by atoms with Crippen LogP contribution in [0, 0.1) is 11.8 Å². The minimum atomic E-state index is -4.50. The molecule has 37 heavy (non-hydrogen) atoms. The number of pyridine rings is 2. The van der Waals surface area contributed by atoms with Crippen molar-refractivity contribution in [2.45, 2.75) is 44.8 Å². The van der Waals surface area contributed by atoms with Crippen LogP contribution in [0.25, 0.3) is 0 Å². The maximum atomic E-state index is 13.3. The number of anilines is 1. The summed E-state index contributed by atoms with van der Waals surface area (Å²) in [5.41, 5.74) is 7.07. The average molecular weight is 519 g/mol. The number of nitrogen functional groups attached to an aromatic ring is 1. The van der Waals surface area contributed by atoms with E-state index < -0.39 is 11.9 Å². The molecule has 4 rings (SSSR count). The summed E-state index contributed by atoms with van der Waals surface area (Å²) in [4.78, 5) is 30.2. The molecular weight excluding hydrogens is 485 g/mol. The quantitative estimate of drug-likeness (QED) is 0.456. The average Bonchev–Trinajstić information content (AvgIpc) is 2.91. The summed E-state index contributed by atoms with van der Waals surface area (Å²) >= 11 is 0. The van der Waals surface area contributed by atoms with E-state index in [1.165, 1.54) is 19.4 Å². The van der Waals surface area contributed by atoms with Crippen LogP contribution in [0.4, 0.5) is 19.0 Å². The van der Waals surface area contributed by atoms with Gasteiger partial charge in [0.1, 0.15) is 18.6 Å². The molecule has 2 aliphatic heterocycles. The fourth-order valence-corrected chi connectivity index (χ4v) is 5.28. The zero-order chi connectivity index (χ0) is 26.6. The lowest BCUT2D eigenvalue weighted by Gasteiger charge is -2.39. The molecule has 200 valence electrons. The highest BCUT2D eigenvalue weighted by Crippen LogP contribution is 2.31. The summed E-state index contributed by atoms with van der Waals surface area (Å²) in [6, 6.07) is 6.41. The number of carbonyl (C=O) groups excluding carboxylic acids is 1. The highest BCUT2D eigenvalue weighted by atomic mass is 19.4. The van der Waals surface area contributed by atoms with Gasteiger partial charge in [0.25, 0.3) is 0 Å². The third-order valence-electron chi connectivity index (χ3n) is 7.45. The summed E-state index contributed by atoms with van der Waals surface area (Å²) in [6.07, 6.45) is 1.34. The van der Waals surface area contributed by atoms with Crippen molar-refractivity contribution >= 4 is 17.4 Å². The number of rotatable bonds is 6. The minimum Gasteiger partial charge on any atom is -0.399 e. The Labute approximate surface area is 214 Å². The Morgan fingerprint density at radius 1 is 1.08 bits per heavy atom. The van der Waals surface area contributed by atoms with Crippen molar-refractivity contribution in [2.24, 2.45) is 17.0 Å². The van der Waals surface area contributed by atoms with E-state index in [4.69, 9.17) is 10.6 Å². The van der Waals surface area contributed by atoms with Gasteiger partial charge in [-0.15, -0.1) is 0 Å². The van der Waals surface area contributed by atoms with Crippen LogP contribution < -0.4 is 5.73 Å². The fraction of sp³-hybridized carbons (Fsp3) is 0.538. The van der Waals surface area contributed by atoms with Crippen LogP contribution >= 0.6 is 0 Å². The Balaban J connectivity index is 1.31. The normalized spacial score (nSPS) is 19.6. The predicted octanol–water partition coefficient (Wildman–Crippen LogP) is 4.14. The smallest absolute Gasteiger partial charge is 0.399 e. The Bertz CT molecular complexity index is 1090. The Morgan fingerprint density at radius 2 is 1.76 bits per heavy atom. The van der Waals surface area contributed by atoms with E-state index >= 15 is 0 Å². The van der Waals surface area contributed by atoms with Crippen LogP contribution in [0.15, 0.2) is 41.8 Å². The second-order valence-corrected chi connectivity index (χ2v) is 9.69. The van der Waals surface area contributed by atoms with Gasteiger partial charge in [-0.1, -0.05) is 5.16 Å². The predicted molar refractivity (Wildman–Crippen MR) is 133 cm³/mol. The van der Waals surface area contributed by atoms with E-state index in [9.17, 15) is 18.0 Å². The lowest BCUT2D eigenvalue weighted by Crippen LogP contribution is -2.46. The number of piperidine rings is 2. The van der Waals surface area contributed by atoms with Crippen molar-refractivity contribution in [3.8, 4) is 0 Å². The van der Waals surface area contributed by atoms with Crippen LogP contribution in [-0.2, 0) is 15.8 Å². The first-order valence-corrected chi connectivity index (χ1v) is 12.6. The molecule has 2 fully saturated rings. The standard InChI is InChI=1S/C26H33F3N6O2/c1-17(20-5-10-31-23(30)15-20)34-11-8-19(9-12-34)25(36)35-13-6-18(7-14-35)24(33-37-2)21-3-4-22(32-16-21)26(27,28)29/h3-5,10,15-19H,6-9,11-14H2,1-2H3,(H2,30,31)/t17-/m1/s1. The summed E-state index contributed by atoms with van der Waals surface area (Å²) in [5, 5.41) is 4.10. The number of oxime groups is 1. The lowest BCUT2D eigenvalue weighted by atomic mass is 9.87. The van der Waals surface area contributed by atoms with Crippen molar-refractivity contribution in [1.82, 2.24) is 19.8 Å². The molecule has 4 heterocycles. The van der Waals surface area contributed by atoms with Crippen LogP contribution in [0.1, 0.15) is 55.5 Å². The van der Waals surface area contributed by atoms with E-state index in [0.717, 1.165) is 37.6 Å². The fourth-order valence-electron chi connectivity index (χ4n) is 5.28. The molecule has 8 nitrogen and oxygen atoms in total. The number of amides is 1. The molecule has 0 aliphatic carbocycles. The van der Waals surface area contributed by atoms with Gasteiger partial charge in [-0.05, 0) is 75.5 Å². The second kappa shape index (κ2) is 11.5. The maximum absolute atomic E-state index is 13.3. The van der Waals surface area contributed by atoms with Crippen molar-refractivity contribution in [1.29, 1.82) is 0 Å². The van der Waals surface area contributed by atoms with Crippen molar-refractivity contribution in [2.75, 3.05) is 39.0 Å². The van der Waals surface area contributed by atoms with Gasteiger partial charge in [-0.3, -0.25) is 14.7 Å². The van der Waals surface area contributed by atoms with Gasteiger partial charge in [0, 0.05) is 48.9 Å². The number of carbonyl (C=O) groups is 1. The summed E-state index contributed by atoms with van der Waals surface area (Å²) in [6.45, 7) is 4.97.